The van der Waals surface area contributed by atoms with Crippen LogP contribution in [0.1, 0.15) is 16.8 Å². The summed E-state index contributed by atoms with van der Waals surface area (Å²) in [6.07, 6.45) is 2.70. The second-order valence-corrected chi connectivity index (χ2v) is 3.45. The minimum Gasteiger partial charge on any atom is -0.494 e. The van der Waals surface area contributed by atoms with Gasteiger partial charge in [-0.2, -0.15) is 0 Å². The normalized spacial score (nSPS) is 11.7. The van der Waals surface area contributed by atoms with E-state index in [1.807, 2.05) is 0 Å². The molecule has 1 heterocycles. The Bertz CT molecular complexity index is 435. The number of aliphatic hydroxyl groups excluding tert-OH is 1. The first-order chi connectivity index (χ1) is 8.60. The molecule has 0 fully saturated rings. The number of aliphatic hydroxyl groups is 1. The van der Waals surface area contributed by atoms with Crippen LogP contribution >= 0.6 is 0 Å². The van der Waals surface area contributed by atoms with Crippen molar-refractivity contribution in [2.24, 2.45) is 0 Å². The Balaban J connectivity index is 2.83. The number of pyridine rings is 1. The summed E-state index contributed by atoms with van der Waals surface area (Å²) in [7, 11) is 1.39. The van der Waals surface area contributed by atoms with E-state index in [4.69, 9.17) is 14.9 Å². The average Bonchev–Trinajstić information content (AvgIpc) is 2.37. The molecule has 1 rings (SSSR count). The number of carboxylic acid groups (broad SMARTS) is 1. The Morgan fingerprint density at radius 3 is 2.83 bits per heavy atom. The first kappa shape index (κ1) is 13.9. The van der Waals surface area contributed by atoms with Gasteiger partial charge in [-0.05, 0) is 6.07 Å². The number of carbonyl (C=O) groups excluding carboxylic acids is 1. The van der Waals surface area contributed by atoms with Crippen LogP contribution in [0.5, 0.6) is 5.75 Å². The average molecular weight is 254 g/mol. The van der Waals surface area contributed by atoms with Crippen LogP contribution in [-0.2, 0) is 4.79 Å². The predicted molar refractivity (Wildman–Crippen MR) is 61.4 cm³/mol. The van der Waals surface area contributed by atoms with E-state index in [1.165, 1.54) is 25.6 Å². The van der Waals surface area contributed by atoms with E-state index >= 15 is 0 Å². The summed E-state index contributed by atoms with van der Waals surface area (Å²) in [6, 6.07) is 0.284. The number of nitrogens with zero attached hydrogens (tertiary/aromatic N) is 1. The SMILES string of the molecule is COc1cnccc1C(=O)N[C@H](CCO)C(=O)O. The summed E-state index contributed by atoms with van der Waals surface area (Å²) >= 11 is 0. The van der Waals surface area contributed by atoms with Crippen LogP contribution in [0.4, 0.5) is 0 Å². The Kier molecular flexibility index (Phi) is 5.06. The molecule has 98 valence electrons. The molecular formula is C11H14N2O5. The quantitative estimate of drug-likeness (QED) is 0.640. The minimum absolute atomic E-state index is 0.0610. The van der Waals surface area contributed by atoms with Crippen LogP contribution in [0.3, 0.4) is 0 Å². The standard InChI is InChI=1S/C11H14N2O5/c1-18-9-6-12-4-2-7(9)10(15)13-8(3-5-14)11(16)17/h2,4,6,8,14H,3,5H2,1H3,(H,13,15)(H,16,17)/t8-/m1/s1. The molecule has 1 atom stereocenters. The molecule has 7 nitrogen and oxygen atoms in total. The first-order valence-corrected chi connectivity index (χ1v) is 5.22. The maximum absolute atomic E-state index is 11.9. The number of hydrogen-bond donors (Lipinski definition) is 3. The van der Waals surface area contributed by atoms with Gasteiger partial charge in [0.25, 0.3) is 5.91 Å². The number of hydrogen-bond acceptors (Lipinski definition) is 5. The molecule has 1 aromatic heterocycles. The molecule has 0 radical (unpaired) electrons. The van der Waals surface area contributed by atoms with Crippen molar-refractivity contribution in [1.82, 2.24) is 10.3 Å². The monoisotopic (exact) mass is 254 g/mol. The largest absolute Gasteiger partial charge is 0.494 e. The highest BCUT2D eigenvalue weighted by molar-refractivity contribution is 5.98. The molecule has 0 aliphatic rings. The van der Waals surface area contributed by atoms with Crippen LogP contribution in [0.25, 0.3) is 0 Å². The molecule has 0 spiro atoms. The summed E-state index contributed by atoms with van der Waals surface area (Å²) in [5.41, 5.74) is 0.191. The molecule has 0 aromatic carbocycles. The topological polar surface area (TPSA) is 109 Å². The molecule has 0 bridgehead atoms. The zero-order valence-electron chi connectivity index (χ0n) is 9.79. The molecule has 1 amide bonds. The third-order valence-corrected chi connectivity index (χ3v) is 2.27. The summed E-state index contributed by atoms with van der Waals surface area (Å²) < 4.78 is 4.95. The number of methoxy groups -OCH3 is 1. The first-order valence-electron chi connectivity index (χ1n) is 5.22. The van der Waals surface area contributed by atoms with Crippen molar-refractivity contribution in [2.75, 3.05) is 13.7 Å². The second kappa shape index (κ2) is 6.55. The lowest BCUT2D eigenvalue weighted by Gasteiger charge is -2.14. The van der Waals surface area contributed by atoms with Gasteiger partial charge >= 0.3 is 5.97 Å². The van der Waals surface area contributed by atoms with E-state index in [-0.39, 0.29) is 24.3 Å². The molecule has 3 N–H and O–H groups in total. The van der Waals surface area contributed by atoms with Crippen molar-refractivity contribution in [3.63, 3.8) is 0 Å². The maximum atomic E-state index is 11.9. The molecule has 0 unspecified atom stereocenters. The third-order valence-electron chi connectivity index (χ3n) is 2.27. The highest BCUT2D eigenvalue weighted by Crippen LogP contribution is 2.15. The summed E-state index contributed by atoms with van der Waals surface area (Å²) in [6.45, 7) is -0.329. The fraction of sp³-hybridized carbons (Fsp3) is 0.364. The van der Waals surface area contributed by atoms with Gasteiger partial charge in [0.1, 0.15) is 11.8 Å². The zero-order valence-corrected chi connectivity index (χ0v) is 9.79. The van der Waals surface area contributed by atoms with Crippen LogP contribution < -0.4 is 10.1 Å². The van der Waals surface area contributed by atoms with E-state index in [2.05, 4.69) is 10.3 Å². The second-order valence-electron chi connectivity index (χ2n) is 3.45. The molecule has 7 heteroatoms. The van der Waals surface area contributed by atoms with Crippen molar-refractivity contribution in [2.45, 2.75) is 12.5 Å². The van der Waals surface area contributed by atoms with E-state index in [0.29, 0.717) is 0 Å². The summed E-state index contributed by atoms with van der Waals surface area (Å²) in [5.74, 6) is -1.54. The van der Waals surface area contributed by atoms with Crippen molar-refractivity contribution in [1.29, 1.82) is 0 Å². The summed E-state index contributed by atoms with van der Waals surface area (Å²) in [4.78, 5) is 26.5. The molecule has 0 aliphatic heterocycles. The molecule has 0 saturated carbocycles. The van der Waals surface area contributed by atoms with E-state index in [0.717, 1.165) is 0 Å². The van der Waals surface area contributed by atoms with Crippen molar-refractivity contribution < 1.29 is 24.5 Å². The Morgan fingerprint density at radius 1 is 1.56 bits per heavy atom. The van der Waals surface area contributed by atoms with Crippen LogP contribution in [0, 0.1) is 0 Å². The molecule has 0 aliphatic carbocycles. The van der Waals surface area contributed by atoms with Gasteiger partial charge in [0.15, 0.2) is 0 Å². The number of carbonyl (C=O) groups is 2. The number of rotatable bonds is 6. The Labute approximate surface area is 103 Å². The van der Waals surface area contributed by atoms with Gasteiger partial charge in [0.05, 0.1) is 18.9 Å². The highest BCUT2D eigenvalue weighted by atomic mass is 16.5. The van der Waals surface area contributed by atoms with Gasteiger partial charge in [-0.3, -0.25) is 9.78 Å². The lowest BCUT2D eigenvalue weighted by Crippen LogP contribution is -2.41. The number of aliphatic carboxylic acids is 1. The lowest BCUT2D eigenvalue weighted by atomic mass is 10.1. The van der Waals surface area contributed by atoms with Crippen LogP contribution in [-0.4, -0.2) is 46.8 Å². The minimum atomic E-state index is -1.20. The van der Waals surface area contributed by atoms with Crippen molar-refractivity contribution in [3.05, 3.63) is 24.0 Å². The number of carboxylic acids is 1. The molecule has 1 aromatic rings. The van der Waals surface area contributed by atoms with E-state index < -0.39 is 17.9 Å². The Hall–Kier alpha value is -2.15. The van der Waals surface area contributed by atoms with Crippen molar-refractivity contribution in [3.8, 4) is 5.75 Å². The number of amides is 1. The van der Waals surface area contributed by atoms with Crippen molar-refractivity contribution >= 4 is 11.9 Å². The smallest absolute Gasteiger partial charge is 0.326 e. The van der Waals surface area contributed by atoms with Gasteiger partial charge in [-0.15, -0.1) is 0 Å². The fourth-order valence-electron chi connectivity index (χ4n) is 1.35. The highest BCUT2D eigenvalue weighted by Gasteiger charge is 2.21. The van der Waals surface area contributed by atoms with Gasteiger partial charge in [0, 0.05) is 19.2 Å². The van der Waals surface area contributed by atoms with Gasteiger partial charge in [0.2, 0.25) is 0 Å². The van der Waals surface area contributed by atoms with Gasteiger partial charge in [-0.1, -0.05) is 0 Å². The van der Waals surface area contributed by atoms with Gasteiger partial charge in [-0.25, -0.2) is 4.79 Å². The zero-order chi connectivity index (χ0) is 13.5. The van der Waals surface area contributed by atoms with Crippen LogP contribution in [0.15, 0.2) is 18.5 Å². The number of ether oxygens (including phenoxy) is 1. The fourth-order valence-corrected chi connectivity index (χ4v) is 1.35. The van der Waals surface area contributed by atoms with E-state index in [1.54, 1.807) is 0 Å². The lowest BCUT2D eigenvalue weighted by molar-refractivity contribution is -0.139. The summed E-state index contributed by atoms with van der Waals surface area (Å²) in [5, 5.41) is 19.9. The van der Waals surface area contributed by atoms with Gasteiger partial charge < -0.3 is 20.3 Å². The van der Waals surface area contributed by atoms with Crippen LogP contribution in [0.2, 0.25) is 0 Å². The predicted octanol–water partition coefficient (Wildman–Crippen LogP) is -0.344. The molecule has 18 heavy (non-hydrogen) atoms. The maximum Gasteiger partial charge on any atom is 0.326 e. The molecular weight excluding hydrogens is 240 g/mol. The molecule has 0 saturated heterocycles. The number of nitrogens with one attached hydrogen (secondary N) is 1. The third kappa shape index (κ3) is 3.42. The number of aromatic nitrogens is 1. The van der Waals surface area contributed by atoms with E-state index in [9.17, 15) is 9.59 Å². The Morgan fingerprint density at radius 2 is 2.28 bits per heavy atom.